The highest BCUT2D eigenvalue weighted by Gasteiger charge is 2.50. The van der Waals surface area contributed by atoms with Crippen LogP contribution in [0.4, 0.5) is 0 Å². The standard InChI is InChI=1S/C39H72O2Si2/c1-28(2)18-16-19-29(3)34-23-24-35-31(20-17-25-39(34,35)11)21-22-32-26-33(40-42(12,13)37(5,6)7)27-36(30(32)4)41-43(14,15)38(8,9)10/h21-22,28-29,33-36H,4,16-20,23-27H2,1-3,5-15H3/t29-,33-,34-,35+,36+,39-/m1/s1. The van der Waals surface area contributed by atoms with Crippen LogP contribution in [0.2, 0.25) is 36.3 Å². The molecule has 0 aromatic heterocycles. The van der Waals surface area contributed by atoms with E-state index in [0.717, 1.165) is 36.5 Å². The van der Waals surface area contributed by atoms with Gasteiger partial charge in [0, 0.05) is 6.42 Å². The first kappa shape index (κ1) is 37.0. The molecule has 0 amide bonds. The smallest absolute Gasteiger partial charge is 0.192 e. The molecule has 2 nitrogen and oxygen atoms in total. The Morgan fingerprint density at radius 2 is 1.51 bits per heavy atom. The predicted octanol–water partition coefficient (Wildman–Crippen LogP) is 12.6. The van der Waals surface area contributed by atoms with Crippen molar-refractivity contribution in [1.29, 1.82) is 0 Å². The quantitative estimate of drug-likeness (QED) is 0.224. The van der Waals surface area contributed by atoms with Crippen LogP contribution in [0.25, 0.3) is 0 Å². The van der Waals surface area contributed by atoms with Crippen LogP contribution < -0.4 is 0 Å². The topological polar surface area (TPSA) is 18.5 Å². The molecule has 0 bridgehead atoms. The molecular weight excluding hydrogens is 557 g/mol. The summed E-state index contributed by atoms with van der Waals surface area (Å²) in [5.74, 6) is 3.28. The average Bonchev–Trinajstić information content (AvgIpc) is 3.20. The van der Waals surface area contributed by atoms with E-state index in [9.17, 15) is 0 Å². The number of rotatable bonds is 10. The van der Waals surface area contributed by atoms with Gasteiger partial charge in [-0.1, -0.05) is 113 Å². The van der Waals surface area contributed by atoms with Gasteiger partial charge < -0.3 is 8.85 Å². The second-order valence-corrected chi connectivity index (χ2v) is 28.2. The van der Waals surface area contributed by atoms with Crippen LogP contribution in [0.3, 0.4) is 0 Å². The normalized spacial score (nSPS) is 32.1. The number of hydrogen-bond donors (Lipinski definition) is 0. The lowest BCUT2D eigenvalue weighted by molar-refractivity contribution is 0.0927. The first-order chi connectivity index (χ1) is 19.6. The molecule has 0 saturated heterocycles. The van der Waals surface area contributed by atoms with Gasteiger partial charge in [0.1, 0.15) is 0 Å². The highest BCUT2D eigenvalue weighted by molar-refractivity contribution is 6.74. The second kappa shape index (κ2) is 13.7. The van der Waals surface area contributed by atoms with E-state index in [0.29, 0.717) is 5.41 Å². The van der Waals surface area contributed by atoms with E-state index in [1.54, 1.807) is 5.57 Å². The van der Waals surface area contributed by atoms with E-state index in [1.807, 2.05) is 0 Å². The third-order valence-corrected chi connectivity index (χ3v) is 21.9. The van der Waals surface area contributed by atoms with Crippen molar-refractivity contribution in [2.75, 3.05) is 0 Å². The SMILES string of the molecule is C=C1C(=CC=C2CCC[C@]3(C)[C@@H]([C@H](C)CCCC(C)C)CC[C@@H]23)C[C@@H](O[Si](C)(C)C(C)(C)C)C[C@@H]1O[Si](C)(C)C(C)(C)C. The van der Waals surface area contributed by atoms with Crippen LogP contribution >= 0.6 is 0 Å². The summed E-state index contributed by atoms with van der Waals surface area (Å²) in [6, 6.07) is 0. The zero-order valence-electron chi connectivity index (χ0n) is 31.2. The monoisotopic (exact) mass is 629 g/mol. The zero-order valence-corrected chi connectivity index (χ0v) is 33.2. The van der Waals surface area contributed by atoms with Crippen molar-refractivity contribution in [3.05, 3.63) is 35.5 Å². The van der Waals surface area contributed by atoms with Crippen LogP contribution in [0.5, 0.6) is 0 Å². The van der Waals surface area contributed by atoms with Gasteiger partial charge in [-0.25, -0.2) is 0 Å². The summed E-state index contributed by atoms with van der Waals surface area (Å²) in [5.41, 5.74) is 4.75. The molecule has 0 aromatic carbocycles. The van der Waals surface area contributed by atoms with Crippen LogP contribution in [0.15, 0.2) is 35.5 Å². The van der Waals surface area contributed by atoms with Crippen molar-refractivity contribution in [3.8, 4) is 0 Å². The summed E-state index contributed by atoms with van der Waals surface area (Å²) >= 11 is 0. The maximum Gasteiger partial charge on any atom is 0.192 e. The van der Waals surface area contributed by atoms with Gasteiger partial charge in [0.2, 0.25) is 0 Å². The minimum atomic E-state index is -1.95. The first-order valence-corrected chi connectivity index (χ1v) is 23.8. The summed E-state index contributed by atoms with van der Waals surface area (Å²) in [6.07, 6.45) is 18.1. The van der Waals surface area contributed by atoms with E-state index < -0.39 is 16.6 Å². The van der Waals surface area contributed by atoms with Crippen LogP contribution in [-0.2, 0) is 8.85 Å². The molecule has 3 fully saturated rings. The largest absolute Gasteiger partial charge is 0.413 e. The zero-order chi connectivity index (χ0) is 32.6. The molecule has 0 heterocycles. The molecular formula is C39H72O2Si2. The third kappa shape index (κ3) is 8.69. The highest BCUT2D eigenvalue weighted by Crippen LogP contribution is 2.60. The Morgan fingerprint density at radius 3 is 2.09 bits per heavy atom. The lowest BCUT2D eigenvalue weighted by Crippen LogP contribution is -2.49. The molecule has 3 aliphatic rings. The maximum atomic E-state index is 7.09. The van der Waals surface area contributed by atoms with Crippen molar-refractivity contribution >= 4 is 16.6 Å². The molecule has 0 unspecified atom stereocenters. The average molecular weight is 629 g/mol. The van der Waals surface area contributed by atoms with Crippen molar-refractivity contribution in [3.63, 3.8) is 0 Å². The van der Waals surface area contributed by atoms with Gasteiger partial charge in [-0.2, -0.15) is 0 Å². The molecule has 0 aromatic rings. The summed E-state index contributed by atoms with van der Waals surface area (Å²) in [4.78, 5) is 0. The molecule has 6 atom stereocenters. The highest BCUT2D eigenvalue weighted by atomic mass is 28.4. The molecule has 3 saturated carbocycles. The van der Waals surface area contributed by atoms with E-state index in [2.05, 4.69) is 108 Å². The van der Waals surface area contributed by atoms with E-state index in [1.165, 1.54) is 62.5 Å². The fourth-order valence-corrected chi connectivity index (χ4v) is 10.7. The summed E-state index contributed by atoms with van der Waals surface area (Å²) in [7, 11) is -3.86. The predicted molar refractivity (Wildman–Crippen MR) is 195 cm³/mol. The molecule has 3 rings (SSSR count). The molecule has 248 valence electrons. The minimum Gasteiger partial charge on any atom is -0.413 e. The van der Waals surface area contributed by atoms with Gasteiger partial charge in [-0.15, -0.1) is 0 Å². The van der Waals surface area contributed by atoms with Gasteiger partial charge in [0.05, 0.1) is 12.2 Å². The second-order valence-electron chi connectivity index (χ2n) is 18.7. The van der Waals surface area contributed by atoms with E-state index in [4.69, 9.17) is 15.4 Å². The van der Waals surface area contributed by atoms with Gasteiger partial charge in [-0.3, -0.25) is 0 Å². The lowest BCUT2D eigenvalue weighted by Gasteiger charge is -2.46. The van der Waals surface area contributed by atoms with E-state index in [-0.39, 0.29) is 22.3 Å². The van der Waals surface area contributed by atoms with Crippen LogP contribution in [-0.4, -0.2) is 28.8 Å². The van der Waals surface area contributed by atoms with Crippen LogP contribution in [0.1, 0.15) is 133 Å². The lowest BCUT2D eigenvalue weighted by atomic mass is 9.60. The Hall–Kier alpha value is -0.426. The Labute approximate surface area is 271 Å². The number of allylic oxidation sites excluding steroid dienone is 3. The minimum absolute atomic E-state index is 0.0493. The van der Waals surface area contributed by atoms with Crippen LogP contribution in [0, 0.1) is 29.1 Å². The fraction of sp³-hybridized carbons (Fsp3) is 0.846. The molecule has 4 heteroatoms. The van der Waals surface area contributed by atoms with Crippen molar-refractivity contribution in [2.45, 2.75) is 182 Å². The molecule has 0 radical (unpaired) electrons. The molecule has 43 heavy (non-hydrogen) atoms. The summed E-state index contributed by atoms with van der Waals surface area (Å²) < 4.78 is 14.2. The maximum absolute atomic E-state index is 7.09. The summed E-state index contributed by atoms with van der Waals surface area (Å²) in [6.45, 7) is 38.3. The summed E-state index contributed by atoms with van der Waals surface area (Å²) in [5, 5.41) is 0.366. The molecule has 0 spiro atoms. The van der Waals surface area contributed by atoms with Gasteiger partial charge in [0.15, 0.2) is 16.6 Å². The van der Waals surface area contributed by atoms with Gasteiger partial charge >= 0.3 is 0 Å². The first-order valence-electron chi connectivity index (χ1n) is 18.0. The van der Waals surface area contributed by atoms with Gasteiger partial charge in [0.25, 0.3) is 0 Å². The number of fused-ring (bicyclic) bond motifs is 1. The molecule has 0 N–H and O–H groups in total. The third-order valence-electron chi connectivity index (χ3n) is 12.9. The van der Waals surface area contributed by atoms with Crippen molar-refractivity contribution in [1.82, 2.24) is 0 Å². The van der Waals surface area contributed by atoms with E-state index >= 15 is 0 Å². The Bertz CT molecular complexity index is 1020. The Morgan fingerprint density at radius 1 is 0.907 bits per heavy atom. The fourth-order valence-electron chi connectivity index (χ4n) is 8.03. The van der Waals surface area contributed by atoms with Crippen molar-refractivity contribution < 1.29 is 8.85 Å². The van der Waals surface area contributed by atoms with Gasteiger partial charge in [-0.05, 0) is 115 Å². The van der Waals surface area contributed by atoms with Crippen molar-refractivity contribution in [2.24, 2.45) is 29.1 Å². The Balaban J connectivity index is 1.87. The molecule has 0 aliphatic heterocycles. The molecule has 3 aliphatic carbocycles. The number of hydrogen-bond acceptors (Lipinski definition) is 2. The Kier molecular flexibility index (Phi) is 11.8.